The van der Waals surface area contributed by atoms with E-state index in [-0.39, 0.29) is 11.8 Å². The summed E-state index contributed by atoms with van der Waals surface area (Å²) >= 11 is 0. The van der Waals surface area contributed by atoms with Gasteiger partial charge in [0.05, 0.1) is 16.6 Å². The average Bonchev–Trinajstić information content (AvgIpc) is 3.81. The number of para-hydroxylation sites is 1. The van der Waals surface area contributed by atoms with Crippen molar-refractivity contribution in [3.63, 3.8) is 0 Å². The van der Waals surface area contributed by atoms with Crippen LogP contribution in [0, 0.1) is 0 Å². The maximum absolute atomic E-state index is 2.56. The van der Waals surface area contributed by atoms with Crippen molar-refractivity contribution in [3.8, 4) is 22.3 Å². The van der Waals surface area contributed by atoms with Crippen molar-refractivity contribution >= 4 is 38.1 Å². The fourth-order valence-electron chi connectivity index (χ4n) is 8.88. The molecule has 2 unspecified atom stereocenters. The molecule has 2 heterocycles. The molecule has 0 N–H and O–H groups in total. The van der Waals surface area contributed by atoms with Gasteiger partial charge in [0, 0.05) is 33.4 Å². The summed E-state index contributed by atoms with van der Waals surface area (Å²) in [5.74, 6) is 0.488. The second-order valence-corrected chi connectivity index (χ2v) is 12.8. The first-order chi connectivity index (χ1) is 22.3. The molecule has 1 heteroatoms. The van der Waals surface area contributed by atoms with Crippen LogP contribution >= 0.6 is 0 Å². The molecule has 0 saturated carbocycles. The number of hydrogen-bond donors (Lipinski definition) is 0. The maximum atomic E-state index is 2.56. The molecule has 2 aromatic heterocycles. The van der Waals surface area contributed by atoms with Crippen LogP contribution in [0.5, 0.6) is 0 Å². The van der Waals surface area contributed by atoms with Gasteiger partial charge in [0.25, 0.3) is 0 Å². The SMILES string of the molecule is c1ccc(C2c3ccccc3-c3cc4c(cc32)c2cccc3c5cc6c(cc5n4c23)-c2ccccc2C6c2ccccc2)cc1. The lowest BCUT2D eigenvalue weighted by atomic mass is 9.88. The zero-order valence-corrected chi connectivity index (χ0v) is 24.5. The lowest BCUT2D eigenvalue weighted by Gasteiger charge is -2.15. The molecule has 0 amide bonds. The highest BCUT2D eigenvalue weighted by atomic mass is 14.9. The fourth-order valence-corrected chi connectivity index (χ4v) is 8.88. The van der Waals surface area contributed by atoms with Gasteiger partial charge in [-0.1, -0.05) is 127 Å². The number of nitrogens with zero attached hydrogens (tertiary/aromatic N) is 1. The van der Waals surface area contributed by atoms with Gasteiger partial charge in [-0.2, -0.15) is 0 Å². The molecule has 0 aliphatic heterocycles. The number of benzene rings is 7. The zero-order chi connectivity index (χ0) is 29.2. The minimum Gasteiger partial charge on any atom is -0.308 e. The Morgan fingerprint density at radius 3 is 1.27 bits per heavy atom. The molecule has 45 heavy (non-hydrogen) atoms. The summed E-state index contributed by atoms with van der Waals surface area (Å²) in [6.45, 7) is 0. The van der Waals surface area contributed by atoms with E-state index < -0.39 is 0 Å². The molecule has 208 valence electrons. The third-order valence-corrected chi connectivity index (χ3v) is 10.7. The predicted octanol–water partition coefficient (Wildman–Crippen LogP) is 11.2. The summed E-state index contributed by atoms with van der Waals surface area (Å²) in [6, 6.07) is 56.9. The summed E-state index contributed by atoms with van der Waals surface area (Å²) in [5, 5.41) is 5.36. The normalized spacial score (nSPS) is 16.4. The molecular formula is C44H27N. The Kier molecular flexibility index (Phi) is 4.48. The van der Waals surface area contributed by atoms with Crippen molar-refractivity contribution in [3.05, 3.63) is 185 Å². The first-order valence-electron chi connectivity index (χ1n) is 15.9. The number of rotatable bonds is 2. The van der Waals surface area contributed by atoms with E-state index in [9.17, 15) is 0 Å². The van der Waals surface area contributed by atoms with Crippen LogP contribution in [0.3, 0.4) is 0 Å². The van der Waals surface area contributed by atoms with Crippen LogP contribution < -0.4 is 0 Å². The smallest absolute Gasteiger partial charge is 0.0620 e. The van der Waals surface area contributed by atoms with Crippen LogP contribution in [-0.4, -0.2) is 4.40 Å². The molecule has 1 nitrogen and oxygen atoms in total. The Balaban J connectivity index is 1.24. The minimum absolute atomic E-state index is 0.244. The van der Waals surface area contributed by atoms with Gasteiger partial charge in [-0.05, 0) is 79.9 Å². The standard InChI is InChI=1S/C44H27N/c1-3-12-26(13-4-1)42-30-18-9-7-16-28(30)34-24-40-36(22-38(34)42)32-20-11-21-33-37-23-39-35(25-41(37)45(40)44(32)33)29-17-8-10-19-31(29)43(39)27-14-5-2-6-15-27/h1-25,42-43H. The number of hydrogen-bond acceptors (Lipinski definition) is 0. The first kappa shape index (κ1) is 23.8. The summed E-state index contributed by atoms with van der Waals surface area (Å²) in [5.41, 5.74) is 17.7. The van der Waals surface area contributed by atoms with Crippen LogP contribution in [-0.2, 0) is 0 Å². The molecule has 2 aliphatic rings. The Bertz CT molecular complexity index is 2460. The predicted molar refractivity (Wildman–Crippen MR) is 187 cm³/mol. The highest BCUT2D eigenvalue weighted by Gasteiger charge is 2.33. The van der Waals surface area contributed by atoms with Crippen molar-refractivity contribution in [1.82, 2.24) is 4.40 Å². The summed E-state index contributed by atoms with van der Waals surface area (Å²) in [4.78, 5) is 0. The first-order valence-corrected chi connectivity index (χ1v) is 15.9. The van der Waals surface area contributed by atoms with Gasteiger partial charge in [-0.15, -0.1) is 0 Å². The van der Waals surface area contributed by atoms with E-state index in [1.165, 1.54) is 93.7 Å². The molecule has 0 radical (unpaired) electrons. The van der Waals surface area contributed by atoms with Gasteiger partial charge in [0.1, 0.15) is 0 Å². The molecule has 9 aromatic rings. The average molecular weight is 570 g/mol. The molecule has 2 atom stereocenters. The zero-order valence-electron chi connectivity index (χ0n) is 24.5. The Hall–Kier alpha value is -5.66. The van der Waals surface area contributed by atoms with Gasteiger partial charge in [-0.3, -0.25) is 0 Å². The molecule has 0 spiro atoms. The number of fused-ring (bicyclic) bond motifs is 12. The van der Waals surface area contributed by atoms with Crippen molar-refractivity contribution < 1.29 is 0 Å². The Labute approximate surface area is 261 Å². The third kappa shape index (κ3) is 2.98. The second-order valence-electron chi connectivity index (χ2n) is 12.8. The van der Waals surface area contributed by atoms with Crippen molar-refractivity contribution in [2.75, 3.05) is 0 Å². The van der Waals surface area contributed by atoms with Crippen molar-refractivity contribution in [2.45, 2.75) is 11.8 Å². The topological polar surface area (TPSA) is 4.41 Å². The molecular weight excluding hydrogens is 542 g/mol. The molecule has 0 fully saturated rings. The van der Waals surface area contributed by atoms with Crippen LogP contribution in [0.1, 0.15) is 45.2 Å². The van der Waals surface area contributed by atoms with Crippen molar-refractivity contribution in [1.29, 1.82) is 0 Å². The third-order valence-electron chi connectivity index (χ3n) is 10.7. The van der Waals surface area contributed by atoms with E-state index in [0.717, 1.165) is 0 Å². The summed E-state index contributed by atoms with van der Waals surface area (Å²) in [6.07, 6.45) is 0. The van der Waals surface area contributed by atoms with E-state index in [4.69, 9.17) is 0 Å². The van der Waals surface area contributed by atoms with Gasteiger partial charge in [0.15, 0.2) is 0 Å². The van der Waals surface area contributed by atoms with E-state index in [0.29, 0.717) is 0 Å². The second kappa shape index (κ2) is 8.49. The highest BCUT2D eigenvalue weighted by Crippen LogP contribution is 2.53. The molecule has 0 bridgehead atoms. The van der Waals surface area contributed by atoms with Crippen molar-refractivity contribution in [2.24, 2.45) is 0 Å². The van der Waals surface area contributed by atoms with Crippen LogP contribution in [0.25, 0.3) is 60.3 Å². The van der Waals surface area contributed by atoms with Crippen LogP contribution in [0.4, 0.5) is 0 Å². The van der Waals surface area contributed by atoms with Gasteiger partial charge in [0.2, 0.25) is 0 Å². The van der Waals surface area contributed by atoms with E-state index in [1.54, 1.807) is 0 Å². The summed E-state index contributed by atoms with van der Waals surface area (Å²) < 4.78 is 2.56. The molecule has 7 aromatic carbocycles. The van der Waals surface area contributed by atoms with Crippen LogP contribution in [0.2, 0.25) is 0 Å². The van der Waals surface area contributed by atoms with E-state index >= 15 is 0 Å². The molecule has 2 aliphatic carbocycles. The summed E-state index contributed by atoms with van der Waals surface area (Å²) in [7, 11) is 0. The van der Waals surface area contributed by atoms with Gasteiger partial charge in [-0.25, -0.2) is 0 Å². The van der Waals surface area contributed by atoms with Gasteiger partial charge < -0.3 is 4.40 Å². The highest BCUT2D eigenvalue weighted by molar-refractivity contribution is 6.24. The fraction of sp³-hybridized carbons (Fsp3) is 0.0455. The number of aromatic nitrogens is 1. The minimum atomic E-state index is 0.244. The lowest BCUT2D eigenvalue weighted by Crippen LogP contribution is -1.99. The van der Waals surface area contributed by atoms with Crippen LogP contribution in [0.15, 0.2) is 152 Å². The quantitative estimate of drug-likeness (QED) is 0.195. The maximum Gasteiger partial charge on any atom is 0.0620 e. The van der Waals surface area contributed by atoms with Gasteiger partial charge >= 0.3 is 0 Å². The van der Waals surface area contributed by atoms with E-state index in [2.05, 4.69) is 156 Å². The Morgan fingerprint density at radius 1 is 0.333 bits per heavy atom. The molecule has 0 saturated heterocycles. The largest absolute Gasteiger partial charge is 0.308 e. The lowest BCUT2D eigenvalue weighted by molar-refractivity contribution is 1.02. The van der Waals surface area contributed by atoms with E-state index in [1.807, 2.05) is 0 Å². The Morgan fingerprint density at radius 2 is 0.778 bits per heavy atom. The molecule has 11 rings (SSSR count). The monoisotopic (exact) mass is 569 g/mol.